The molecule has 0 saturated carbocycles. The second-order valence-corrected chi connectivity index (χ2v) is 4.14. The number of Topliss-reactive ketones (excluding diaryl/α,β-unsaturated/α-hetero) is 1. The van der Waals surface area contributed by atoms with Crippen LogP contribution >= 0.6 is 27.5 Å². The maximum Gasteiger partial charge on any atom is 0.299 e. The Bertz CT molecular complexity index is 398. The molecule has 1 heterocycles. The van der Waals surface area contributed by atoms with E-state index >= 15 is 0 Å². The molecule has 0 aliphatic carbocycles. The quantitative estimate of drug-likeness (QED) is 0.723. The number of allylic oxidation sites excluding steroid dienone is 2. The van der Waals surface area contributed by atoms with Gasteiger partial charge in [-0.15, -0.1) is 0 Å². The van der Waals surface area contributed by atoms with Gasteiger partial charge in [0.2, 0.25) is 0 Å². The van der Waals surface area contributed by atoms with Crippen LogP contribution in [0.25, 0.3) is 0 Å². The van der Waals surface area contributed by atoms with Crippen LogP contribution in [0, 0.1) is 0 Å². The molecule has 1 aliphatic heterocycles. The lowest BCUT2D eigenvalue weighted by Gasteiger charge is -2.11. The molecule has 3 nitrogen and oxygen atoms in total. The highest BCUT2D eigenvalue weighted by Crippen LogP contribution is 2.33. The topological polar surface area (TPSA) is 37.4 Å². The van der Waals surface area contributed by atoms with Crippen LogP contribution in [0.2, 0.25) is 0 Å². The summed E-state index contributed by atoms with van der Waals surface area (Å²) in [5.41, 5.74) is 0.487. The zero-order valence-corrected chi connectivity index (χ0v) is 9.78. The van der Waals surface area contributed by atoms with Crippen molar-refractivity contribution in [1.29, 1.82) is 0 Å². The van der Waals surface area contributed by atoms with Gasteiger partial charge in [0.1, 0.15) is 0 Å². The van der Waals surface area contributed by atoms with Crippen molar-refractivity contribution in [2.24, 2.45) is 0 Å². The first-order valence-electron chi connectivity index (χ1n) is 3.64. The van der Waals surface area contributed by atoms with Gasteiger partial charge in [-0.1, -0.05) is 40.7 Å². The van der Waals surface area contributed by atoms with Crippen molar-refractivity contribution >= 4 is 39.2 Å². The number of rotatable bonds is 2. The van der Waals surface area contributed by atoms with Crippen molar-refractivity contribution < 1.29 is 9.59 Å². The van der Waals surface area contributed by atoms with Gasteiger partial charge < -0.3 is 4.90 Å². The minimum atomic E-state index is -0.627. The number of carbonyl (C=O) groups is 2. The standard InChI is InChI=1S/C9H7BrClNO2/c1-4(10)6-7(5(2)11)12(3)9(14)8(6)13/h1-2H2,3H3. The Morgan fingerprint density at radius 3 is 2.21 bits per heavy atom. The second-order valence-electron chi connectivity index (χ2n) is 2.73. The van der Waals surface area contributed by atoms with E-state index in [4.69, 9.17) is 11.6 Å². The van der Waals surface area contributed by atoms with Crippen molar-refractivity contribution in [3.63, 3.8) is 0 Å². The molecule has 0 aromatic rings. The fourth-order valence-electron chi connectivity index (χ4n) is 1.21. The highest BCUT2D eigenvalue weighted by Gasteiger charge is 2.37. The Labute approximate surface area is 94.8 Å². The number of nitrogens with zero attached hydrogens (tertiary/aromatic N) is 1. The molecule has 1 rings (SSSR count). The molecule has 0 aromatic carbocycles. The summed E-state index contributed by atoms with van der Waals surface area (Å²) in [4.78, 5) is 23.9. The summed E-state index contributed by atoms with van der Waals surface area (Å²) in [5.74, 6) is -1.25. The molecular weight excluding hydrogens is 269 g/mol. The van der Waals surface area contributed by atoms with E-state index in [1.807, 2.05) is 0 Å². The Kier molecular flexibility index (Phi) is 2.97. The molecule has 1 aliphatic rings. The number of hydrogen-bond acceptors (Lipinski definition) is 2. The first kappa shape index (κ1) is 11.2. The van der Waals surface area contributed by atoms with E-state index in [9.17, 15) is 9.59 Å². The molecular formula is C9H7BrClNO2. The van der Waals surface area contributed by atoms with Gasteiger partial charge >= 0.3 is 0 Å². The van der Waals surface area contributed by atoms with E-state index < -0.39 is 11.7 Å². The van der Waals surface area contributed by atoms with Gasteiger partial charge in [-0.3, -0.25) is 9.59 Å². The molecule has 14 heavy (non-hydrogen) atoms. The molecule has 0 spiro atoms. The van der Waals surface area contributed by atoms with Crippen molar-refractivity contribution in [1.82, 2.24) is 4.90 Å². The Morgan fingerprint density at radius 1 is 1.43 bits per heavy atom. The van der Waals surface area contributed by atoms with E-state index in [0.29, 0.717) is 10.2 Å². The summed E-state index contributed by atoms with van der Waals surface area (Å²) in [5, 5.41) is 0.141. The smallest absolute Gasteiger partial charge is 0.299 e. The predicted octanol–water partition coefficient (Wildman–Crippen LogP) is 1.94. The summed E-state index contributed by atoms with van der Waals surface area (Å²) >= 11 is 8.74. The SMILES string of the molecule is C=C(Cl)C1=C(C(=C)Br)C(=O)C(=O)N1C. The maximum atomic E-state index is 11.4. The van der Waals surface area contributed by atoms with Crippen molar-refractivity contribution in [2.45, 2.75) is 0 Å². The molecule has 1 amide bonds. The van der Waals surface area contributed by atoms with Crippen molar-refractivity contribution in [3.8, 4) is 0 Å². The third kappa shape index (κ3) is 1.55. The third-order valence-corrected chi connectivity index (χ3v) is 2.40. The van der Waals surface area contributed by atoms with Gasteiger partial charge in [0, 0.05) is 11.5 Å². The number of hydrogen-bond donors (Lipinski definition) is 0. The van der Waals surface area contributed by atoms with E-state index in [1.54, 1.807) is 0 Å². The molecule has 0 aromatic heterocycles. The van der Waals surface area contributed by atoms with Crippen LogP contribution < -0.4 is 0 Å². The van der Waals surface area contributed by atoms with E-state index in [-0.39, 0.29) is 10.6 Å². The number of carbonyl (C=O) groups excluding carboxylic acids is 2. The van der Waals surface area contributed by atoms with Crippen LogP contribution in [0.1, 0.15) is 0 Å². The Balaban J connectivity index is 3.40. The molecule has 0 unspecified atom stereocenters. The average molecular weight is 277 g/mol. The summed E-state index contributed by atoms with van der Waals surface area (Å²) in [6.45, 7) is 7.04. The molecule has 5 heteroatoms. The van der Waals surface area contributed by atoms with Crippen LogP contribution in [0.4, 0.5) is 0 Å². The average Bonchev–Trinajstić information content (AvgIpc) is 2.29. The summed E-state index contributed by atoms with van der Waals surface area (Å²) in [6.07, 6.45) is 0. The first-order valence-corrected chi connectivity index (χ1v) is 4.81. The van der Waals surface area contributed by atoms with Gasteiger partial charge in [-0.2, -0.15) is 0 Å². The lowest BCUT2D eigenvalue weighted by molar-refractivity contribution is -0.138. The second kappa shape index (κ2) is 3.71. The largest absolute Gasteiger partial charge is 0.306 e. The van der Waals surface area contributed by atoms with E-state index in [0.717, 1.165) is 0 Å². The minimum Gasteiger partial charge on any atom is -0.306 e. The van der Waals surface area contributed by atoms with Gasteiger partial charge in [-0.05, 0) is 0 Å². The lowest BCUT2D eigenvalue weighted by Crippen LogP contribution is -2.24. The minimum absolute atomic E-state index is 0.141. The van der Waals surface area contributed by atoms with Gasteiger partial charge in [0.25, 0.3) is 11.7 Å². The number of amides is 1. The molecule has 0 atom stereocenters. The van der Waals surface area contributed by atoms with Gasteiger partial charge in [0.15, 0.2) is 0 Å². The van der Waals surface area contributed by atoms with Crippen LogP contribution in [0.15, 0.2) is 33.9 Å². The number of ketones is 1. The monoisotopic (exact) mass is 275 g/mol. The van der Waals surface area contributed by atoms with Crippen LogP contribution in [0.5, 0.6) is 0 Å². The van der Waals surface area contributed by atoms with Crippen molar-refractivity contribution in [3.05, 3.63) is 33.9 Å². The number of likely N-dealkylation sites (N-methyl/N-ethyl adjacent to an activating group) is 1. The molecule has 0 N–H and O–H groups in total. The lowest BCUT2D eigenvalue weighted by atomic mass is 10.1. The zero-order chi connectivity index (χ0) is 11.0. The fraction of sp³-hybridized carbons (Fsp3) is 0.111. The molecule has 0 radical (unpaired) electrons. The Morgan fingerprint density at radius 2 is 1.93 bits per heavy atom. The van der Waals surface area contributed by atoms with Crippen LogP contribution in [0.3, 0.4) is 0 Å². The molecule has 0 fully saturated rings. The zero-order valence-electron chi connectivity index (χ0n) is 7.43. The normalized spacial score (nSPS) is 16.6. The van der Waals surface area contributed by atoms with Crippen molar-refractivity contribution in [2.75, 3.05) is 7.05 Å². The predicted molar refractivity (Wildman–Crippen MR) is 57.9 cm³/mol. The molecule has 74 valence electrons. The Hall–Kier alpha value is -0.870. The summed E-state index contributed by atoms with van der Waals surface area (Å²) in [7, 11) is 1.46. The highest BCUT2D eigenvalue weighted by molar-refractivity contribution is 9.12. The van der Waals surface area contributed by atoms with Gasteiger partial charge in [0.05, 0.1) is 16.3 Å². The first-order chi connectivity index (χ1) is 6.37. The van der Waals surface area contributed by atoms with E-state index in [2.05, 4.69) is 29.1 Å². The van der Waals surface area contributed by atoms with Crippen LogP contribution in [-0.2, 0) is 9.59 Å². The summed E-state index contributed by atoms with van der Waals surface area (Å²) < 4.78 is 0.331. The molecule has 0 saturated heterocycles. The maximum absolute atomic E-state index is 11.4. The molecule has 0 bridgehead atoms. The highest BCUT2D eigenvalue weighted by atomic mass is 79.9. The van der Waals surface area contributed by atoms with Crippen LogP contribution in [-0.4, -0.2) is 23.6 Å². The van der Waals surface area contributed by atoms with Gasteiger partial charge in [-0.25, -0.2) is 0 Å². The third-order valence-electron chi connectivity index (χ3n) is 1.83. The number of halogens is 2. The fourth-order valence-corrected chi connectivity index (χ4v) is 1.79. The van der Waals surface area contributed by atoms with E-state index in [1.165, 1.54) is 11.9 Å². The summed E-state index contributed by atoms with van der Waals surface area (Å²) in [6, 6.07) is 0.